The number of nitrogens with zero attached hydrogens (tertiary/aromatic N) is 3. The molecule has 23 heavy (non-hydrogen) atoms. The van der Waals surface area contributed by atoms with Gasteiger partial charge in [0.05, 0.1) is 12.6 Å². The molecule has 0 bridgehead atoms. The third-order valence-corrected chi connectivity index (χ3v) is 4.24. The number of aromatic nitrogens is 3. The second kappa shape index (κ2) is 7.26. The lowest BCUT2D eigenvalue weighted by Crippen LogP contribution is -2.37. The molecule has 1 atom stereocenters. The Morgan fingerprint density at radius 3 is 2.87 bits per heavy atom. The van der Waals surface area contributed by atoms with E-state index in [1.807, 2.05) is 37.3 Å². The molecule has 3 rings (SSSR count). The quantitative estimate of drug-likeness (QED) is 0.911. The molecule has 0 saturated carbocycles. The van der Waals surface area contributed by atoms with Crippen LogP contribution in [0.3, 0.4) is 0 Å². The Labute approximate surface area is 136 Å². The van der Waals surface area contributed by atoms with Gasteiger partial charge in [-0.1, -0.05) is 36.8 Å². The molecule has 0 aliphatic carbocycles. The number of fused-ring (bicyclic) bond motifs is 1. The molecular weight excluding hydrogens is 290 g/mol. The molecule has 2 aromatic rings. The zero-order valence-electron chi connectivity index (χ0n) is 13.5. The normalized spacial score (nSPS) is 15.3. The van der Waals surface area contributed by atoms with Crippen molar-refractivity contribution in [2.75, 3.05) is 0 Å². The highest BCUT2D eigenvalue weighted by Gasteiger charge is 2.15. The maximum atomic E-state index is 12.1. The van der Waals surface area contributed by atoms with E-state index >= 15 is 0 Å². The first-order valence-electron chi connectivity index (χ1n) is 8.24. The van der Waals surface area contributed by atoms with Crippen LogP contribution in [0.15, 0.2) is 30.3 Å². The summed E-state index contributed by atoms with van der Waals surface area (Å²) in [4.78, 5) is 12.1. The number of amides is 2. The monoisotopic (exact) mass is 313 g/mol. The summed E-state index contributed by atoms with van der Waals surface area (Å²) in [6.07, 6.45) is 4.52. The molecule has 0 fully saturated rings. The molecule has 1 aromatic carbocycles. The van der Waals surface area contributed by atoms with Gasteiger partial charge in [-0.15, -0.1) is 10.2 Å². The fourth-order valence-electron chi connectivity index (χ4n) is 2.91. The van der Waals surface area contributed by atoms with Crippen molar-refractivity contribution in [3.63, 3.8) is 0 Å². The zero-order chi connectivity index (χ0) is 16.1. The molecule has 1 aliphatic rings. The van der Waals surface area contributed by atoms with Gasteiger partial charge in [-0.05, 0) is 25.3 Å². The lowest BCUT2D eigenvalue weighted by Gasteiger charge is -2.15. The van der Waals surface area contributed by atoms with Crippen molar-refractivity contribution in [3.8, 4) is 0 Å². The van der Waals surface area contributed by atoms with Crippen molar-refractivity contribution in [2.24, 2.45) is 0 Å². The number of urea groups is 1. The van der Waals surface area contributed by atoms with Gasteiger partial charge in [0.1, 0.15) is 5.82 Å². The maximum Gasteiger partial charge on any atom is 0.315 e. The van der Waals surface area contributed by atoms with Crippen LogP contribution in [0.1, 0.15) is 49.4 Å². The first-order chi connectivity index (χ1) is 11.2. The molecule has 122 valence electrons. The van der Waals surface area contributed by atoms with Crippen LogP contribution in [0.4, 0.5) is 4.79 Å². The van der Waals surface area contributed by atoms with Gasteiger partial charge in [0.2, 0.25) is 0 Å². The Morgan fingerprint density at radius 2 is 2.04 bits per heavy atom. The zero-order valence-corrected chi connectivity index (χ0v) is 13.5. The Bertz CT molecular complexity index is 652. The van der Waals surface area contributed by atoms with E-state index in [-0.39, 0.29) is 12.1 Å². The highest BCUT2D eigenvalue weighted by molar-refractivity contribution is 5.74. The van der Waals surface area contributed by atoms with Crippen LogP contribution < -0.4 is 10.6 Å². The van der Waals surface area contributed by atoms with Gasteiger partial charge < -0.3 is 15.2 Å². The summed E-state index contributed by atoms with van der Waals surface area (Å²) in [7, 11) is 0. The molecule has 0 unspecified atom stereocenters. The lowest BCUT2D eigenvalue weighted by molar-refractivity contribution is 0.237. The summed E-state index contributed by atoms with van der Waals surface area (Å²) >= 11 is 0. The third kappa shape index (κ3) is 3.88. The van der Waals surface area contributed by atoms with E-state index < -0.39 is 0 Å². The Hall–Kier alpha value is -2.37. The van der Waals surface area contributed by atoms with E-state index in [9.17, 15) is 4.79 Å². The van der Waals surface area contributed by atoms with Crippen LogP contribution in [0.2, 0.25) is 0 Å². The summed E-state index contributed by atoms with van der Waals surface area (Å²) in [6.45, 7) is 3.32. The standard InChI is InChI=1S/C17H23N5O/c1-13(14-8-4-2-5-9-14)19-17(23)18-12-16-21-20-15-10-6-3-7-11-22(15)16/h2,4-5,8-9,13H,3,6-7,10-12H2,1H3,(H2,18,19,23)/t13-/m1/s1. The number of benzene rings is 1. The highest BCUT2D eigenvalue weighted by Crippen LogP contribution is 2.14. The van der Waals surface area contributed by atoms with Gasteiger partial charge in [0.25, 0.3) is 0 Å². The van der Waals surface area contributed by atoms with Gasteiger partial charge in [0.15, 0.2) is 5.82 Å². The van der Waals surface area contributed by atoms with Crippen LogP contribution in [-0.2, 0) is 19.5 Å². The van der Waals surface area contributed by atoms with Crippen molar-refractivity contribution in [1.29, 1.82) is 0 Å². The molecule has 0 saturated heterocycles. The van der Waals surface area contributed by atoms with E-state index in [1.165, 1.54) is 12.8 Å². The summed E-state index contributed by atoms with van der Waals surface area (Å²) in [5.41, 5.74) is 1.08. The minimum absolute atomic E-state index is 0.0354. The number of rotatable bonds is 4. The SMILES string of the molecule is C[C@@H](NC(=O)NCc1nnc2n1CCCCC2)c1ccccc1. The van der Waals surface area contributed by atoms with Crippen molar-refractivity contribution in [3.05, 3.63) is 47.5 Å². The maximum absolute atomic E-state index is 12.1. The Balaban J connectivity index is 1.54. The minimum Gasteiger partial charge on any atom is -0.332 e. The molecule has 0 radical (unpaired) electrons. The van der Waals surface area contributed by atoms with Gasteiger partial charge in [-0.2, -0.15) is 0 Å². The number of carbonyl (C=O) groups excluding carboxylic acids is 1. The molecule has 2 heterocycles. The van der Waals surface area contributed by atoms with Gasteiger partial charge in [-0.3, -0.25) is 0 Å². The number of aryl methyl sites for hydroxylation is 1. The first-order valence-corrected chi connectivity index (χ1v) is 8.24. The van der Waals surface area contributed by atoms with Crippen LogP contribution in [0.25, 0.3) is 0 Å². The van der Waals surface area contributed by atoms with Crippen molar-refractivity contribution < 1.29 is 4.79 Å². The van der Waals surface area contributed by atoms with Gasteiger partial charge >= 0.3 is 6.03 Å². The van der Waals surface area contributed by atoms with Crippen LogP contribution in [-0.4, -0.2) is 20.8 Å². The van der Waals surface area contributed by atoms with Crippen LogP contribution >= 0.6 is 0 Å². The van der Waals surface area contributed by atoms with E-state index in [0.29, 0.717) is 6.54 Å². The second-order valence-electron chi connectivity index (χ2n) is 5.95. The summed E-state index contributed by atoms with van der Waals surface area (Å²) in [6, 6.07) is 9.69. The van der Waals surface area contributed by atoms with Gasteiger partial charge in [0, 0.05) is 13.0 Å². The van der Waals surface area contributed by atoms with Crippen molar-refractivity contribution >= 4 is 6.03 Å². The topological polar surface area (TPSA) is 71.8 Å². The van der Waals surface area contributed by atoms with E-state index in [1.54, 1.807) is 0 Å². The molecule has 1 aliphatic heterocycles. The predicted octanol–water partition coefficient (Wildman–Crippen LogP) is 2.56. The summed E-state index contributed by atoms with van der Waals surface area (Å²) in [5, 5.41) is 14.3. The van der Waals surface area contributed by atoms with E-state index in [2.05, 4.69) is 25.4 Å². The molecule has 0 spiro atoms. The minimum atomic E-state index is -0.188. The molecule has 1 aromatic heterocycles. The van der Waals surface area contributed by atoms with Gasteiger partial charge in [-0.25, -0.2) is 4.79 Å². The number of nitrogens with one attached hydrogen (secondary N) is 2. The predicted molar refractivity (Wildman–Crippen MR) is 87.8 cm³/mol. The first kappa shape index (κ1) is 15.5. The molecule has 6 nitrogen and oxygen atoms in total. The van der Waals surface area contributed by atoms with E-state index in [0.717, 1.165) is 36.6 Å². The molecule has 2 amide bonds. The highest BCUT2D eigenvalue weighted by atomic mass is 16.2. The average Bonchev–Trinajstić information content (AvgIpc) is 2.80. The second-order valence-corrected chi connectivity index (χ2v) is 5.95. The molecule has 2 N–H and O–H groups in total. The average molecular weight is 313 g/mol. The fourth-order valence-corrected chi connectivity index (χ4v) is 2.91. The summed E-state index contributed by atoms with van der Waals surface area (Å²) < 4.78 is 2.15. The fraction of sp³-hybridized carbons (Fsp3) is 0.471. The largest absolute Gasteiger partial charge is 0.332 e. The third-order valence-electron chi connectivity index (χ3n) is 4.24. The Morgan fingerprint density at radius 1 is 1.22 bits per heavy atom. The van der Waals surface area contributed by atoms with Crippen molar-refractivity contribution in [1.82, 2.24) is 25.4 Å². The smallest absolute Gasteiger partial charge is 0.315 e. The Kier molecular flexibility index (Phi) is 4.90. The number of hydrogen-bond acceptors (Lipinski definition) is 3. The van der Waals surface area contributed by atoms with Crippen LogP contribution in [0.5, 0.6) is 0 Å². The van der Waals surface area contributed by atoms with E-state index in [4.69, 9.17) is 0 Å². The molecular formula is C17H23N5O. The van der Waals surface area contributed by atoms with Crippen LogP contribution in [0, 0.1) is 0 Å². The molecule has 6 heteroatoms. The number of hydrogen-bond donors (Lipinski definition) is 2. The summed E-state index contributed by atoms with van der Waals surface area (Å²) in [5.74, 6) is 1.88. The van der Waals surface area contributed by atoms with Crippen molar-refractivity contribution in [2.45, 2.75) is 51.7 Å². The number of carbonyl (C=O) groups is 1. The lowest BCUT2D eigenvalue weighted by atomic mass is 10.1.